The molecule has 0 saturated carbocycles. The van der Waals surface area contributed by atoms with Crippen molar-refractivity contribution in [2.45, 2.75) is 26.2 Å². The summed E-state index contributed by atoms with van der Waals surface area (Å²) in [7, 11) is 0. The summed E-state index contributed by atoms with van der Waals surface area (Å²) < 4.78 is 74.5. The Bertz CT molecular complexity index is 536. The van der Waals surface area contributed by atoms with Gasteiger partial charge in [0.25, 0.3) is 0 Å². The molecule has 1 amide bonds. The van der Waals surface area contributed by atoms with E-state index in [2.05, 4.69) is 0 Å². The number of carbonyl (C=O) groups is 1. The number of carbonyl (C=O) groups excluding carboxylic acids is 1. The quantitative estimate of drug-likeness (QED) is 0.648. The molecular formula is C12H12F6N2O. The average molecular weight is 314 g/mol. The van der Waals surface area contributed by atoms with E-state index >= 15 is 0 Å². The van der Waals surface area contributed by atoms with E-state index in [0.717, 1.165) is 0 Å². The number of nitrogens with one attached hydrogen (secondary N) is 1. The summed E-state index contributed by atoms with van der Waals surface area (Å²) in [6.45, 7) is 2.91. The van der Waals surface area contributed by atoms with Gasteiger partial charge in [0.1, 0.15) is 0 Å². The third-order valence-electron chi connectivity index (χ3n) is 2.79. The van der Waals surface area contributed by atoms with E-state index in [9.17, 15) is 31.1 Å². The van der Waals surface area contributed by atoms with Gasteiger partial charge >= 0.3 is 12.4 Å². The zero-order valence-corrected chi connectivity index (χ0v) is 11.0. The Kier molecular flexibility index (Phi) is 4.45. The number of aryl methyl sites for hydroxylation is 2. The molecule has 0 spiro atoms. The number of benzene rings is 1. The minimum Gasteiger partial charge on any atom is -0.399 e. The maximum absolute atomic E-state index is 12.4. The van der Waals surface area contributed by atoms with Crippen molar-refractivity contribution in [2.75, 3.05) is 11.1 Å². The van der Waals surface area contributed by atoms with Gasteiger partial charge in [0, 0.05) is 11.4 Å². The molecule has 0 unspecified atom stereocenters. The van der Waals surface area contributed by atoms with Crippen LogP contribution in [-0.2, 0) is 4.79 Å². The van der Waals surface area contributed by atoms with E-state index in [1.807, 2.05) is 0 Å². The first-order valence-electron chi connectivity index (χ1n) is 5.65. The van der Waals surface area contributed by atoms with Gasteiger partial charge in [-0.15, -0.1) is 0 Å². The number of nitrogens with two attached hydrogens (primary N) is 1. The highest BCUT2D eigenvalue weighted by Crippen LogP contribution is 2.40. The molecule has 1 aromatic rings. The van der Waals surface area contributed by atoms with Crippen LogP contribution in [0.4, 0.5) is 37.7 Å². The Hall–Kier alpha value is -1.93. The minimum absolute atomic E-state index is 0.148. The van der Waals surface area contributed by atoms with Crippen LogP contribution < -0.4 is 11.1 Å². The molecule has 0 aliphatic rings. The molecule has 0 aromatic heterocycles. The molecule has 0 atom stereocenters. The lowest BCUT2D eigenvalue weighted by Crippen LogP contribution is -2.45. The van der Waals surface area contributed by atoms with Gasteiger partial charge < -0.3 is 11.1 Å². The second kappa shape index (κ2) is 5.45. The lowest BCUT2D eigenvalue weighted by Gasteiger charge is -2.22. The van der Waals surface area contributed by atoms with Crippen LogP contribution in [0.1, 0.15) is 11.1 Å². The van der Waals surface area contributed by atoms with Gasteiger partial charge in [-0.25, -0.2) is 0 Å². The monoisotopic (exact) mass is 314 g/mol. The number of alkyl halides is 6. The summed E-state index contributed by atoms with van der Waals surface area (Å²) >= 11 is 0. The Labute approximate surface area is 116 Å². The van der Waals surface area contributed by atoms with Gasteiger partial charge in [0.2, 0.25) is 11.8 Å². The predicted molar refractivity (Wildman–Crippen MR) is 64.6 cm³/mol. The van der Waals surface area contributed by atoms with Gasteiger partial charge in [-0.2, -0.15) is 26.3 Å². The summed E-state index contributed by atoms with van der Waals surface area (Å²) in [4.78, 5) is 11.4. The summed E-state index contributed by atoms with van der Waals surface area (Å²) in [6.07, 6.45) is -11.4. The molecule has 0 aliphatic carbocycles. The normalized spacial score (nSPS) is 12.6. The number of hydrogen-bond donors (Lipinski definition) is 2. The molecule has 9 heteroatoms. The second-order valence-electron chi connectivity index (χ2n) is 4.53. The zero-order chi connectivity index (χ0) is 16.6. The molecule has 0 fully saturated rings. The van der Waals surface area contributed by atoms with Gasteiger partial charge in [-0.1, -0.05) is 0 Å². The molecule has 0 radical (unpaired) electrons. The summed E-state index contributed by atoms with van der Waals surface area (Å²) in [5.74, 6) is -6.26. The van der Waals surface area contributed by atoms with E-state index in [0.29, 0.717) is 11.3 Å². The van der Waals surface area contributed by atoms with Gasteiger partial charge in [0.05, 0.1) is 0 Å². The van der Waals surface area contributed by atoms with Crippen LogP contribution in [0.5, 0.6) is 0 Å². The van der Waals surface area contributed by atoms with Crippen molar-refractivity contribution in [3.8, 4) is 0 Å². The van der Waals surface area contributed by atoms with Crippen LogP contribution >= 0.6 is 0 Å². The van der Waals surface area contributed by atoms with Crippen molar-refractivity contribution >= 4 is 17.3 Å². The van der Waals surface area contributed by atoms with E-state index in [1.165, 1.54) is 26.0 Å². The van der Waals surface area contributed by atoms with Gasteiger partial charge in [0.15, 0.2) is 0 Å². The molecule has 21 heavy (non-hydrogen) atoms. The first-order valence-corrected chi connectivity index (χ1v) is 5.65. The SMILES string of the molecule is Cc1cc(NC(=O)C(C(F)(F)F)C(F)(F)F)c(C)cc1N. The molecular weight excluding hydrogens is 302 g/mol. The van der Waals surface area contributed by atoms with Crippen LogP contribution in [0.3, 0.4) is 0 Å². The third-order valence-corrected chi connectivity index (χ3v) is 2.79. The fourth-order valence-corrected chi connectivity index (χ4v) is 1.66. The highest BCUT2D eigenvalue weighted by atomic mass is 19.4. The van der Waals surface area contributed by atoms with Crippen LogP contribution in [0, 0.1) is 19.8 Å². The number of rotatable bonds is 2. The first-order chi connectivity index (χ1) is 9.34. The molecule has 0 saturated heterocycles. The van der Waals surface area contributed by atoms with Crippen LogP contribution in [-0.4, -0.2) is 18.3 Å². The Morgan fingerprint density at radius 3 is 1.95 bits per heavy atom. The van der Waals surface area contributed by atoms with Crippen molar-refractivity contribution in [3.05, 3.63) is 23.3 Å². The first kappa shape index (κ1) is 17.1. The highest BCUT2D eigenvalue weighted by molar-refractivity contribution is 5.94. The van der Waals surface area contributed by atoms with Crippen molar-refractivity contribution in [2.24, 2.45) is 5.92 Å². The molecule has 3 N–H and O–H groups in total. The molecule has 0 aliphatic heterocycles. The maximum Gasteiger partial charge on any atom is 0.409 e. The van der Waals surface area contributed by atoms with Crippen LogP contribution in [0.15, 0.2) is 12.1 Å². The molecule has 1 rings (SSSR count). The number of hydrogen-bond acceptors (Lipinski definition) is 2. The molecule has 0 heterocycles. The van der Waals surface area contributed by atoms with E-state index < -0.39 is 24.2 Å². The average Bonchev–Trinajstić information content (AvgIpc) is 2.21. The highest BCUT2D eigenvalue weighted by Gasteiger charge is 2.61. The van der Waals surface area contributed by atoms with Crippen molar-refractivity contribution < 1.29 is 31.1 Å². The fourth-order valence-electron chi connectivity index (χ4n) is 1.66. The van der Waals surface area contributed by atoms with Gasteiger partial charge in [-0.3, -0.25) is 4.79 Å². The van der Waals surface area contributed by atoms with Gasteiger partial charge in [-0.05, 0) is 37.1 Å². The molecule has 118 valence electrons. The number of nitrogen functional groups attached to an aromatic ring is 1. The van der Waals surface area contributed by atoms with Crippen molar-refractivity contribution in [3.63, 3.8) is 0 Å². The van der Waals surface area contributed by atoms with Crippen molar-refractivity contribution in [1.29, 1.82) is 0 Å². The largest absolute Gasteiger partial charge is 0.409 e. The third kappa shape index (κ3) is 4.02. The Morgan fingerprint density at radius 2 is 1.52 bits per heavy atom. The topological polar surface area (TPSA) is 55.1 Å². The number of amides is 1. The predicted octanol–water partition coefficient (Wildman–Crippen LogP) is 3.56. The minimum atomic E-state index is -5.72. The maximum atomic E-state index is 12.4. The molecule has 0 bridgehead atoms. The van der Waals surface area contributed by atoms with E-state index in [4.69, 9.17) is 5.73 Å². The van der Waals surface area contributed by atoms with E-state index in [1.54, 1.807) is 5.32 Å². The standard InChI is InChI=1S/C12H12F6N2O/c1-5-4-8(6(2)3-7(5)19)20-10(21)9(11(13,14)15)12(16,17)18/h3-4,9H,19H2,1-2H3,(H,20,21). The lowest BCUT2D eigenvalue weighted by atomic mass is 10.1. The number of halogens is 6. The Balaban J connectivity index is 3.12. The smallest absolute Gasteiger partial charge is 0.399 e. The van der Waals surface area contributed by atoms with E-state index in [-0.39, 0.29) is 11.3 Å². The lowest BCUT2D eigenvalue weighted by molar-refractivity contribution is -0.272. The zero-order valence-electron chi connectivity index (χ0n) is 11.0. The summed E-state index contributed by atoms with van der Waals surface area (Å²) in [5.41, 5.74) is 6.39. The molecule has 1 aromatic carbocycles. The summed E-state index contributed by atoms with van der Waals surface area (Å²) in [5, 5.41) is 1.66. The van der Waals surface area contributed by atoms with Crippen LogP contribution in [0.25, 0.3) is 0 Å². The second-order valence-corrected chi connectivity index (χ2v) is 4.53. The number of anilines is 2. The summed E-state index contributed by atoms with van der Waals surface area (Å²) in [6, 6.07) is 2.56. The van der Waals surface area contributed by atoms with Crippen LogP contribution in [0.2, 0.25) is 0 Å². The Morgan fingerprint density at radius 1 is 1.05 bits per heavy atom. The van der Waals surface area contributed by atoms with Crippen molar-refractivity contribution in [1.82, 2.24) is 0 Å². The fraction of sp³-hybridized carbons (Fsp3) is 0.417. The molecule has 3 nitrogen and oxygen atoms in total.